The minimum absolute atomic E-state index is 0.523. The summed E-state index contributed by atoms with van der Waals surface area (Å²) in [5.41, 5.74) is 0. The molecular formula is C8H18OSi. The fourth-order valence-electron chi connectivity index (χ4n) is 0.712. The normalized spacial score (nSPS) is 11.6. The van der Waals surface area contributed by atoms with Gasteiger partial charge in [0.25, 0.3) is 0 Å². The molecule has 0 saturated carbocycles. The molecule has 60 valence electrons. The Morgan fingerprint density at radius 3 is 2.10 bits per heavy atom. The Balaban J connectivity index is 3.64. The van der Waals surface area contributed by atoms with Crippen LogP contribution in [0.25, 0.3) is 0 Å². The van der Waals surface area contributed by atoms with Crippen LogP contribution in [0.3, 0.4) is 0 Å². The standard InChI is InChI=1S/C8H18OSi/c1-5-6-7-8(9)10(2,3)4/h5-7H2,1-4H3. The van der Waals surface area contributed by atoms with Crippen molar-refractivity contribution in [1.82, 2.24) is 0 Å². The number of unbranched alkanes of at least 4 members (excludes halogenated alkanes) is 1. The summed E-state index contributed by atoms with van der Waals surface area (Å²) in [6.45, 7) is 8.47. The van der Waals surface area contributed by atoms with Crippen molar-refractivity contribution in [3.05, 3.63) is 0 Å². The third-order valence-corrected chi connectivity index (χ3v) is 3.52. The van der Waals surface area contributed by atoms with Crippen molar-refractivity contribution in [2.24, 2.45) is 0 Å². The highest BCUT2D eigenvalue weighted by Crippen LogP contribution is 2.07. The molecule has 0 saturated heterocycles. The zero-order chi connectivity index (χ0) is 8.20. The number of carbonyl (C=O) groups is 1. The van der Waals surface area contributed by atoms with Gasteiger partial charge in [0.05, 0.1) is 0 Å². The summed E-state index contributed by atoms with van der Waals surface area (Å²) < 4.78 is 0. The molecule has 10 heavy (non-hydrogen) atoms. The molecule has 0 amide bonds. The van der Waals surface area contributed by atoms with E-state index < -0.39 is 8.07 Å². The zero-order valence-electron chi connectivity index (χ0n) is 7.53. The summed E-state index contributed by atoms with van der Waals surface area (Å²) in [6.07, 6.45) is 3.02. The first-order valence-electron chi connectivity index (χ1n) is 4.01. The van der Waals surface area contributed by atoms with Gasteiger partial charge in [0, 0.05) is 6.42 Å². The summed E-state index contributed by atoms with van der Waals surface area (Å²) in [5.74, 6) is 0. The Morgan fingerprint density at radius 2 is 1.80 bits per heavy atom. The molecule has 0 rings (SSSR count). The Labute approximate surface area is 64.8 Å². The molecule has 2 heteroatoms. The molecule has 0 unspecified atom stereocenters. The van der Waals surface area contributed by atoms with Crippen molar-refractivity contribution >= 4 is 13.5 Å². The molecule has 0 atom stereocenters. The highest BCUT2D eigenvalue weighted by atomic mass is 28.3. The first-order chi connectivity index (χ1) is 4.48. The second-order valence-electron chi connectivity index (χ2n) is 3.78. The number of rotatable bonds is 4. The number of hydrogen-bond donors (Lipinski definition) is 0. The molecule has 0 aromatic carbocycles. The smallest absolute Gasteiger partial charge is 0.123 e. The predicted octanol–water partition coefficient (Wildman–Crippen LogP) is 2.62. The van der Waals surface area contributed by atoms with E-state index in [1.165, 1.54) is 0 Å². The number of carbonyl (C=O) groups excluding carboxylic acids is 1. The lowest BCUT2D eigenvalue weighted by Gasteiger charge is -2.12. The van der Waals surface area contributed by atoms with Crippen molar-refractivity contribution in [1.29, 1.82) is 0 Å². The quantitative estimate of drug-likeness (QED) is 0.575. The highest BCUT2D eigenvalue weighted by molar-refractivity contribution is 7.03. The van der Waals surface area contributed by atoms with E-state index in [0.29, 0.717) is 5.41 Å². The van der Waals surface area contributed by atoms with Gasteiger partial charge in [0.1, 0.15) is 13.5 Å². The lowest BCUT2D eigenvalue weighted by atomic mass is 10.3. The van der Waals surface area contributed by atoms with Gasteiger partial charge in [-0.15, -0.1) is 0 Å². The molecule has 0 heterocycles. The van der Waals surface area contributed by atoms with Crippen molar-refractivity contribution in [3.8, 4) is 0 Å². The lowest BCUT2D eigenvalue weighted by Crippen LogP contribution is -2.32. The third-order valence-electron chi connectivity index (χ3n) is 1.59. The summed E-state index contributed by atoms with van der Waals surface area (Å²) >= 11 is 0. The second-order valence-corrected chi connectivity index (χ2v) is 8.83. The van der Waals surface area contributed by atoms with Gasteiger partial charge in [-0.05, 0) is 6.42 Å². The minimum atomic E-state index is -1.44. The van der Waals surface area contributed by atoms with Crippen LogP contribution in [0.5, 0.6) is 0 Å². The van der Waals surface area contributed by atoms with Crippen LogP contribution in [-0.2, 0) is 4.79 Å². The first kappa shape index (κ1) is 9.89. The molecular weight excluding hydrogens is 140 g/mol. The van der Waals surface area contributed by atoms with E-state index in [2.05, 4.69) is 26.6 Å². The molecule has 0 radical (unpaired) electrons. The predicted molar refractivity (Wildman–Crippen MR) is 47.9 cm³/mol. The van der Waals surface area contributed by atoms with Gasteiger partial charge in [-0.1, -0.05) is 33.0 Å². The van der Waals surface area contributed by atoms with Crippen molar-refractivity contribution in [3.63, 3.8) is 0 Å². The molecule has 0 aliphatic carbocycles. The maximum Gasteiger partial charge on any atom is 0.123 e. The highest BCUT2D eigenvalue weighted by Gasteiger charge is 2.22. The van der Waals surface area contributed by atoms with Gasteiger partial charge < -0.3 is 4.79 Å². The average Bonchev–Trinajstić information content (AvgIpc) is 1.80. The third kappa shape index (κ3) is 3.83. The Bertz CT molecular complexity index is 113. The van der Waals surface area contributed by atoms with E-state index >= 15 is 0 Å². The summed E-state index contributed by atoms with van der Waals surface area (Å²) in [6, 6.07) is 0. The van der Waals surface area contributed by atoms with Crippen LogP contribution in [0.4, 0.5) is 0 Å². The Kier molecular flexibility index (Phi) is 3.87. The van der Waals surface area contributed by atoms with E-state index in [1.54, 1.807) is 0 Å². The van der Waals surface area contributed by atoms with E-state index in [-0.39, 0.29) is 0 Å². The molecule has 0 aliphatic heterocycles. The largest absolute Gasteiger partial charge is 0.305 e. The van der Waals surface area contributed by atoms with Crippen LogP contribution in [0.2, 0.25) is 19.6 Å². The molecule has 0 bridgehead atoms. The average molecular weight is 158 g/mol. The van der Waals surface area contributed by atoms with E-state index in [0.717, 1.165) is 19.3 Å². The molecule has 0 aromatic rings. The van der Waals surface area contributed by atoms with Crippen LogP contribution in [0.1, 0.15) is 26.2 Å². The summed E-state index contributed by atoms with van der Waals surface area (Å²) in [4.78, 5) is 11.3. The van der Waals surface area contributed by atoms with Crippen LogP contribution in [-0.4, -0.2) is 13.5 Å². The van der Waals surface area contributed by atoms with Gasteiger partial charge >= 0.3 is 0 Å². The summed E-state index contributed by atoms with van der Waals surface area (Å²) in [7, 11) is -1.44. The molecule has 1 nitrogen and oxygen atoms in total. The zero-order valence-corrected chi connectivity index (χ0v) is 8.53. The fraction of sp³-hybridized carbons (Fsp3) is 0.875. The molecule has 0 aliphatic rings. The van der Waals surface area contributed by atoms with Gasteiger partial charge in [-0.3, -0.25) is 0 Å². The van der Waals surface area contributed by atoms with Gasteiger partial charge in [0.2, 0.25) is 0 Å². The fourth-order valence-corrected chi connectivity index (χ4v) is 1.64. The van der Waals surface area contributed by atoms with E-state index in [1.807, 2.05) is 0 Å². The number of hydrogen-bond acceptors (Lipinski definition) is 1. The maximum absolute atomic E-state index is 11.3. The molecule has 0 spiro atoms. The van der Waals surface area contributed by atoms with Gasteiger partial charge in [0.15, 0.2) is 0 Å². The SMILES string of the molecule is CCCCC(=O)[Si](C)(C)C. The van der Waals surface area contributed by atoms with Crippen LogP contribution >= 0.6 is 0 Å². The lowest BCUT2D eigenvalue weighted by molar-refractivity contribution is -0.112. The van der Waals surface area contributed by atoms with Crippen LogP contribution < -0.4 is 0 Å². The second kappa shape index (κ2) is 3.91. The molecule has 0 fully saturated rings. The molecule has 0 aromatic heterocycles. The van der Waals surface area contributed by atoms with E-state index in [4.69, 9.17) is 0 Å². The maximum atomic E-state index is 11.3. The van der Waals surface area contributed by atoms with Crippen molar-refractivity contribution in [2.75, 3.05) is 0 Å². The Hall–Kier alpha value is -0.113. The van der Waals surface area contributed by atoms with Crippen LogP contribution in [0, 0.1) is 0 Å². The summed E-state index contributed by atoms with van der Waals surface area (Å²) in [5, 5.41) is 0.523. The topological polar surface area (TPSA) is 17.1 Å². The van der Waals surface area contributed by atoms with Crippen LogP contribution in [0.15, 0.2) is 0 Å². The first-order valence-corrected chi connectivity index (χ1v) is 7.51. The van der Waals surface area contributed by atoms with Gasteiger partial charge in [-0.25, -0.2) is 0 Å². The monoisotopic (exact) mass is 158 g/mol. The van der Waals surface area contributed by atoms with E-state index in [9.17, 15) is 4.79 Å². The van der Waals surface area contributed by atoms with Gasteiger partial charge in [-0.2, -0.15) is 0 Å². The van der Waals surface area contributed by atoms with Crippen molar-refractivity contribution < 1.29 is 4.79 Å². The van der Waals surface area contributed by atoms with Crippen molar-refractivity contribution in [2.45, 2.75) is 45.8 Å². The Morgan fingerprint density at radius 1 is 1.30 bits per heavy atom. The molecule has 0 N–H and O–H groups in total. The minimum Gasteiger partial charge on any atom is -0.305 e.